The van der Waals surface area contributed by atoms with Crippen molar-refractivity contribution in [3.63, 3.8) is 0 Å². The van der Waals surface area contributed by atoms with Crippen molar-refractivity contribution in [3.8, 4) is 0 Å². The van der Waals surface area contributed by atoms with Crippen LogP contribution < -0.4 is 9.88 Å². The molecule has 352 valence electrons. The maximum Gasteiger partial charge on any atom is 0.331 e. The lowest BCUT2D eigenvalue weighted by Crippen LogP contribution is -2.62. The quantitative estimate of drug-likeness (QED) is 0.0535. The molecule has 4 fully saturated rings. The first-order valence-corrected chi connectivity index (χ1v) is 26.7. The van der Waals surface area contributed by atoms with Crippen molar-refractivity contribution in [2.45, 2.75) is 121 Å². The van der Waals surface area contributed by atoms with Crippen LogP contribution in [0.25, 0.3) is 21.8 Å². The molecule has 4 saturated carbocycles. The summed E-state index contributed by atoms with van der Waals surface area (Å²) in [6.07, 6.45) is 9.87. The highest BCUT2D eigenvalue weighted by atomic mass is 32.2. The Morgan fingerprint density at radius 3 is 2.18 bits per heavy atom. The summed E-state index contributed by atoms with van der Waals surface area (Å²) >= 11 is 0. The smallest absolute Gasteiger partial charge is 0.331 e. The highest BCUT2D eigenvalue weighted by molar-refractivity contribution is 7.89. The molecular weight excluding hydrogens is 879 g/mol. The van der Waals surface area contributed by atoms with Crippen LogP contribution in [0.15, 0.2) is 89.3 Å². The summed E-state index contributed by atoms with van der Waals surface area (Å²) in [6.45, 7) is 6.78. The van der Waals surface area contributed by atoms with Gasteiger partial charge in [0, 0.05) is 49.1 Å². The van der Waals surface area contributed by atoms with Gasteiger partial charge in [-0.25, -0.2) is 17.5 Å². The molecule has 2 amide bonds. The summed E-state index contributed by atoms with van der Waals surface area (Å²) in [5.74, 6) is -0.587. The molecule has 0 bridgehead atoms. The first-order chi connectivity index (χ1) is 31.3. The van der Waals surface area contributed by atoms with E-state index in [1.54, 1.807) is 66.7 Å². The Labute approximate surface area is 387 Å². The maximum absolute atomic E-state index is 15.0. The molecule has 4 aliphatic carbocycles. The number of carbonyl (C=O) groups is 3. The number of cyclic esters (lactones) is 1. The third kappa shape index (κ3) is 8.15. The van der Waals surface area contributed by atoms with Crippen LogP contribution in [0, 0.1) is 41.4 Å². The number of benzene rings is 3. The Kier molecular flexibility index (Phi) is 12.3. The molecule has 3 aromatic carbocycles. The highest BCUT2D eigenvalue weighted by Crippen LogP contribution is 2.70. The second-order valence-electron chi connectivity index (χ2n) is 20.3. The van der Waals surface area contributed by atoms with Crippen molar-refractivity contribution in [3.05, 3.63) is 95.6 Å². The largest absolute Gasteiger partial charge is 0.458 e. The van der Waals surface area contributed by atoms with Gasteiger partial charge in [0.1, 0.15) is 6.61 Å². The van der Waals surface area contributed by atoms with E-state index < -0.39 is 37.4 Å². The van der Waals surface area contributed by atoms with E-state index in [1.807, 2.05) is 11.5 Å². The number of nitrogens with zero attached hydrogens (tertiary/aromatic N) is 2. The van der Waals surface area contributed by atoms with Crippen molar-refractivity contribution < 1.29 is 50.2 Å². The molecule has 0 unspecified atom stereocenters. The van der Waals surface area contributed by atoms with E-state index in [0.717, 1.165) is 73.2 Å². The van der Waals surface area contributed by atoms with Gasteiger partial charge in [0.15, 0.2) is 6.54 Å². The number of para-hydroxylation sites is 2. The van der Waals surface area contributed by atoms with Crippen molar-refractivity contribution in [1.29, 1.82) is 0 Å². The average Bonchev–Trinajstić information content (AvgIpc) is 3.83. The maximum atomic E-state index is 15.0. The molecule has 0 radical (unpaired) electrons. The number of carbonyl (C=O) groups excluding carboxylic acids is 3. The summed E-state index contributed by atoms with van der Waals surface area (Å²) < 4.78 is 69.9. The van der Waals surface area contributed by atoms with Gasteiger partial charge in [-0.05, 0) is 130 Å². The van der Waals surface area contributed by atoms with Gasteiger partial charge in [-0.1, -0.05) is 55.8 Å². The third-order valence-corrected chi connectivity index (χ3v) is 19.5. The lowest BCUT2D eigenvalue weighted by Gasteiger charge is -2.64. The number of amides is 2. The molecule has 5 aliphatic rings. The van der Waals surface area contributed by atoms with Crippen LogP contribution in [0.2, 0.25) is 0 Å². The van der Waals surface area contributed by atoms with Gasteiger partial charge >= 0.3 is 5.97 Å². The van der Waals surface area contributed by atoms with E-state index in [4.69, 9.17) is 4.74 Å². The van der Waals surface area contributed by atoms with E-state index in [1.165, 1.54) is 12.1 Å². The standard InChI is InChI=1S/C51H61N3O10S2/c1-33-15-18-37(19-16-33)66(62,63)54(48(57)47-38-10-4-6-12-43(38)53(27-9-29-65(59,60)61)44-13-7-5-11-39(44)47)28-8-14-45(55)52-36-21-24-49(2)35(31-36)17-20-42-41(49)22-25-50(3)40(23-26-51(42,50)58)34-30-46(56)64-32-34/h4-7,10-13,15-16,18-19,30,35-36,40-42,58H,8-9,14,17,20-29,31-32H2,1-3H3,(H-,52,55,59,60,61)/p+1/t35-,36-,40-,41+,42-,49+,50-,51+/m1/s1. The number of hydrogen-bond acceptors (Lipinski definition) is 9. The number of nitrogens with one attached hydrogen (secondary N) is 1. The van der Waals surface area contributed by atoms with Crippen LogP contribution in [0.3, 0.4) is 0 Å². The molecular formula is C51H62N3O10S2+. The number of ether oxygens (including phenoxy) is 1. The fourth-order valence-electron chi connectivity index (χ4n) is 13.5. The molecule has 1 aromatic heterocycles. The fourth-order valence-corrected chi connectivity index (χ4v) is 15.4. The summed E-state index contributed by atoms with van der Waals surface area (Å²) in [7, 11) is -8.62. The van der Waals surface area contributed by atoms with E-state index in [-0.39, 0.29) is 83.4 Å². The van der Waals surface area contributed by atoms with E-state index in [2.05, 4.69) is 19.2 Å². The summed E-state index contributed by atoms with van der Waals surface area (Å²) in [6, 6.07) is 20.5. The molecule has 3 N–H and O–H groups in total. The van der Waals surface area contributed by atoms with Gasteiger partial charge in [0.25, 0.3) is 26.0 Å². The van der Waals surface area contributed by atoms with Crippen LogP contribution in [-0.2, 0) is 41.0 Å². The predicted octanol–water partition coefficient (Wildman–Crippen LogP) is 7.22. The number of aliphatic hydroxyl groups is 1. The number of fused-ring (bicyclic) bond motifs is 7. The number of hydrogen-bond donors (Lipinski definition) is 3. The average molecular weight is 941 g/mol. The molecule has 13 nitrogen and oxygen atoms in total. The van der Waals surface area contributed by atoms with Crippen LogP contribution in [-0.4, -0.2) is 79.1 Å². The normalized spacial score (nSPS) is 29.7. The van der Waals surface area contributed by atoms with Crippen LogP contribution in [0.4, 0.5) is 0 Å². The van der Waals surface area contributed by atoms with Crippen LogP contribution >= 0.6 is 0 Å². The van der Waals surface area contributed by atoms with Crippen LogP contribution in [0.5, 0.6) is 0 Å². The molecule has 9 rings (SSSR count). The van der Waals surface area contributed by atoms with E-state index in [9.17, 15) is 36.1 Å². The van der Waals surface area contributed by atoms with Crippen molar-refractivity contribution in [2.24, 2.45) is 34.5 Å². The van der Waals surface area contributed by atoms with Crippen molar-refractivity contribution >= 4 is 59.7 Å². The van der Waals surface area contributed by atoms with Gasteiger partial charge in [0.05, 0.1) is 32.6 Å². The number of pyridine rings is 1. The van der Waals surface area contributed by atoms with Crippen molar-refractivity contribution in [2.75, 3.05) is 18.9 Å². The van der Waals surface area contributed by atoms with Gasteiger partial charge in [-0.15, -0.1) is 0 Å². The number of aromatic nitrogens is 1. The molecule has 2 heterocycles. The second-order valence-corrected chi connectivity index (χ2v) is 23.8. The Balaban J connectivity index is 0.907. The topological polar surface area (TPSA) is 188 Å². The Morgan fingerprint density at radius 1 is 0.848 bits per heavy atom. The summed E-state index contributed by atoms with van der Waals surface area (Å²) in [5, 5.41) is 16.9. The first-order valence-electron chi connectivity index (χ1n) is 23.7. The number of sulfonamides is 1. The second kappa shape index (κ2) is 17.4. The zero-order valence-corrected chi connectivity index (χ0v) is 39.7. The van der Waals surface area contributed by atoms with Crippen LogP contribution in [0.1, 0.15) is 107 Å². The van der Waals surface area contributed by atoms with Gasteiger partial charge in [-0.2, -0.15) is 13.0 Å². The predicted molar refractivity (Wildman–Crippen MR) is 249 cm³/mol. The first kappa shape index (κ1) is 46.4. The fraction of sp³-hybridized carbons (Fsp3) is 0.529. The molecule has 66 heavy (non-hydrogen) atoms. The monoisotopic (exact) mass is 940 g/mol. The Bertz CT molecular complexity index is 2790. The molecule has 1 aliphatic heterocycles. The lowest BCUT2D eigenvalue weighted by atomic mass is 9.43. The number of esters is 1. The third-order valence-electron chi connectivity index (χ3n) is 16.9. The van der Waals surface area contributed by atoms with E-state index in [0.29, 0.717) is 40.2 Å². The molecule has 0 saturated heterocycles. The molecule has 15 heteroatoms. The van der Waals surface area contributed by atoms with E-state index >= 15 is 4.79 Å². The van der Waals surface area contributed by atoms with Gasteiger partial charge < -0.3 is 15.2 Å². The minimum atomic E-state index is -4.41. The Hall–Kier alpha value is -4.70. The van der Waals surface area contributed by atoms with Crippen molar-refractivity contribution in [1.82, 2.24) is 9.62 Å². The number of aryl methyl sites for hydroxylation is 2. The molecule has 4 aromatic rings. The van der Waals surface area contributed by atoms with Gasteiger partial charge in [-0.3, -0.25) is 14.1 Å². The highest BCUT2D eigenvalue weighted by Gasteiger charge is 2.67. The lowest BCUT2D eigenvalue weighted by molar-refractivity contribution is -0.645. The minimum Gasteiger partial charge on any atom is -0.458 e. The SMILES string of the molecule is Cc1ccc(S(=O)(=O)N(CCCC(=O)N[C@@H]2CC[C@@]3(C)[C@H](CC[C@@H]4[C@@H]3CC[C@]3(C)[C@@H](C5=CC(=O)OC5)CC[C@]43O)C2)C(=O)c2c3ccccc3[n+](CCCS(=O)(=O)O)c3ccccc23)cc1. The zero-order chi connectivity index (χ0) is 46.8. The minimum absolute atomic E-state index is 0.0141. The zero-order valence-electron chi connectivity index (χ0n) is 38.1. The molecule has 8 atom stereocenters. The molecule has 0 spiro atoms. The van der Waals surface area contributed by atoms with Gasteiger partial charge in [0.2, 0.25) is 16.9 Å². The summed E-state index contributed by atoms with van der Waals surface area (Å²) in [4.78, 5) is 40.8. The Morgan fingerprint density at radius 2 is 1.53 bits per heavy atom. The summed E-state index contributed by atoms with van der Waals surface area (Å²) in [5.41, 5.74) is 2.17. The number of rotatable bonds is 13.